The predicted octanol–water partition coefficient (Wildman–Crippen LogP) is 1.87. The second-order valence-corrected chi connectivity index (χ2v) is 6.21. The summed E-state index contributed by atoms with van der Waals surface area (Å²) in [5, 5.41) is 6.88. The predicted molar refractivity (Wildman–Crippen MR) is 97.4 cm³/mol. The third-order valence-corrected chi connectivity index (χ3v) is 4.00. The van der Waals surface area contributed by atoms with Crippen LogP contribution >= 0.6 is 12.2 Å². The molecule has 0 amide bonds. The smallest absolute Gasteiger partial charge is 0.170 e. The minimum Gasteiger partial charge on any atom is -0.356 e. The Morgan fingerprint density at radius 1 is 1.09 bits per heavy atom. The molecule has 1 atom stereocenters. The number of anilines is 1. The molecule has 0 spiro atoms. The van der Waals surface area contributed by atoms with Crippen molar-refractivity contribution in [2.24, 2.45) is 0 Å². The summed E-state index contributed by atoms with van der Waals surface area (Å²) >= 11 is 5.31. The molecule has 0 aliphatic rings. The maximum absolute atomic E-state index is 12.9. The monoisotopic (exact) mass is 332 g/mol. The zero-order valence-electron chi connectivity index (χ0n) is 13.5. The van der Waals surface area contributed by atoms with Gasteiger partial charge in [-0.3, -0.25) is 0 Å². The van der Waals surface area contributed by atoms with Crippen molar-refractivity contribution in [2.75, 3.05) is 26.0 Å². The van der Waals surface area contributed by atoms with E-state index in [1.54, 1.807) is 12.1 Å². The molecule has 0 bridgehead atoms. The topological polar surface area (TPSA) is 28.5 Å². The van der Waals surface area contributed by atoms with Gasteiger partial charge in [-0.15, -0.1) is 0 Å². The highest BCUT2D eigenvalue weighted by Crippen LogP contribution is 2.08. The van der Waals surface area contributed by atoms with Gasteiger partial charge in [0.1, 0.15) is 11.9 Å². The van der Waals surface area contributed by atoms with E-state index < -0.39 is 0 Å². The fraction of sp³-hybridized carbons (Fsp3) is 0.278. The summed E-state index contributed by atoms with van der Waals surface area (Å²) in [5.41, 5.74) is 2.10. The zero-order chi connectivity index (χ0) is 16.7. The van der Waals surface area contributed by atoms with Crippen molar-refractivity contribution in [2.45, 2.75) is 12.5 Å². The van der Waals surface area contributed by atoms with Crippen LogP contribution in [0.15, 0.2) is 54.6 Å². The number of halogens is 1. The van der Waals surface area contributed by atoms with Gasteiger partial charge in [-0.2, -0.15) is 0 Å². The summed E-state index contributed by atoms with van der Waals surface area (Å²) in [5.74, 6) is -0.256. The fourth-order valence-corrected chi connectivity index (χ4v) is 2.50. The summed E-state index contributed by atoms with van der Waals surface area (Å²) in [6.07, 6.45) is 0.981. The van der Waals surface area contributed by atoms with Crippen molar-refractivity contribution >= 4 is 23.0 Å². The van der Waals surface area contributed by atoms with Crippen LogP contribution in [0.1, 0.15) is 5.56 Å². The molecule has 0 aromatic heterocycles. The number of hydrogen-bond acceptors (Lipinski definition) is 1. The van der Waals surface area contributed by atoms with Gasteiger partial charge in [-0.1, -0.05) is 30.3 Å². The Labute approximate surface area is 142 Å². The lowest BCUT2D eigenvalue weighted by atomic mass is 10.1. The van der Waals surface area contributed by atoms with E-state index in [1.807, 2.05) is 6.07 Å². The average molecular weight is 332 g/mol. The van der Waals surface area contributed by atoms with Crippen LogP contribution in [0.2, 0.25) is 0 Å². The molecular weight excluding hydrogens is 309 g/mol. The van der Waals surface area contributed by atoms with Gasteiger partial charge in [0.2, 0.25) is 0 Å². The van der Waals surface area contributed by atoms with Gasteiger partial charge in [0.25, 0.3) is 0 Å². The molecule has 3 nitrogen and oxygen atoms in total. The first-order chi connectivity index (χ1) is 11.0. The van der Waals surface area contributed by atoms with Crippen molar-refractivity contribution < 1.29 is 9.29 Å². The summed E-state index contributed by atoms with van der Waals surface area (Å²) in [7, 11) is 4.29. The Morgan fingerprint density at radius 2 is 1.74 bits per heavy atom. The zero-order valence-corrected chi connectivity index (χ0v) is 14.3. The summed E-state index contributed by atoms with van der Waals surface area (Å²) < 4.78 is 12.9. The van der Waals surface area contributed by atoms with Crippen molar-refractivity contribution in [1.29, 1.82) is 0 Å². The Bertz CT molecular complexity index is 614. The minimum atomic E-state index is -0.256. The molecule has 2 aromatic rings. The van der Waals surface area contributed by atoms with E-state index in [1.165, 1.54) is 22.6 Å². The maximum atomic E-state index is 12.9. The lowest BCUT2D eigenvalue weighted by Crippen LogP contribution is -3.11. The summed E-state index contributed by atoms with van der Waals surface area (Å²) in [4.78, 5) is 1.37. The number of benzene rings is 2. The number of thiocarbonyl (C=S) groups is 1. The van der Waals surface area contributed by atoms with Crippen LogP contribution in [0.5, 0.6) is 0 Å². The quantitative estimate of drug-likeness (QED) is 0.706. The molecule has 0 heterocycles. The number of rotatable bonds is 6. The van der Waals surface area contributed by atoms with Crippen molar-refractivity contribution in [3.8, 4) is 0 Å². The van der Waals surface area contributed by atoms with Crippen LogP contribution in [-0.4, -0.2) is 31.8 Å². The van der Waals surface area contributed by atoms with E-state index in [4.69, 9.17) is 12.2 Å². The van der Waals surface area contributed by atoms with Gasteiger partial charge in [-0.05, 0) is 42.0 Å². The molecule has 122 valence electrons. The van der Waals surface area contributed by atoms with E-state index in [0.29, 0.717) is 11.2 Å². The molecular formula is C18H23FN3S+. The van der Waals surface area contributed by atoms with Gasteiger partial charge < -0.3 is 15.5 Å². The molecule has 23 heavy (non-hydrogen) atoms. The number of likely N-dealkylation sites (N-methyl/N-ethyl adjacent to an activating group) is 1. The number of hydrogen-bond donors (Lipinski definition) is 3. The number of quaternary nitrogens is 1. The van der Waals surface area contributed by atoms with Crippen LogP contribution in [0.4, 0.5) is 10.1 Å². The minimum absolute atomic E-state index is 0.256. The van der Waals surface area contributed by atoms with Crippen LogP contribution in [0, 0.1) is 5.82 Å². The third-order valence-electron chi connectivity index (χ3n) is 3.75. The third kappa shape index (κ3) is 5.96. The molecule has 0 radical (unpaired) electrons. The molecule has 0 fully saturated rings. The van der Waals surface area contributed by atoms with Gasteiger partial charge in [0, 0.05) is 12.1 Å². The Hall–Kier alpha value is -1.98. The standard InChI is InChI=1S/C18H22FN3S/c1-22(2)17(12-14-6-4-3-5-7-14)13-20-18(23)21-16-10-8-15(19)9-11-16/h3-11,17H,12-13H2,1-2H3,(H2,20,21,23)/p+1/t17-/m1/s1. The van der Waals surface area contributed by atoms with Gasteiger partial charge in [0.15, 0.2) is 5.11 Å². The second-order valence-electron chi connectivity index (χ2n) is 5.81. The van der Waals surface area contributed by atoms with Crippen LogP contribution in [0.3, 0.4) is 0 Å². The summed E-state index contributed by atoms with van der Waals surface area (Å²) in [6.45, 7) is 0.768. The molecule has 0 unspecified atom stereocenters. The molecule has 0 aliphatic heterocycles. The van der Waals surface area contributed by atoms with Crippen LogP contribution in [-0.2, 0) is 6.42 Å². The fourth-order valence-electron chi connectivity index (χ4n) is 2.30. The van der Waals surface area contributed by atoms with Crippen molar-refractivity contribution in [3.05, 3.63) is 66.0 Å². The lowest BCUT2D eigenvalue weighted by Gasteiger charge is -2.23. The molecule has 0 saturated carbocycles. The van der Waals surface area contributed by atoms with E-state index in [9.17, 15) is 4.39 Å². The van der Waals surface area contributed by atoms with E-state index in [-0.39, 0.29) is 5.82 Å². The molecule has 0 saturated heterocycles. The highest BCUT2D eigenvalue weighted by molar-refractivity contribution is 7.80. The van der Waals surface area contributed by atoms with Crippen LogP contribution < -0.4 is 15.5 Å². The second kappa shape index (κ2) is 8.60. The highest BCUT2D eigenvalue weighted by atomic mass is 32.1. The van der Waals surface area contributed by atoms with Crippen molar-refractivity contribution in [3.63, 3.8) is 0 Å². The lowest BCUT2D eigenvalue weighted by molar-refractivity contribution is -0.884. The first-order valence-corrected chi connectivity index (χ1v) is 8.10. The van der Waals surface area contributed by atoms with Crippen LogP contribution in [0.25, 0.3) is 0 Å². The maximum Gasteiger partial charge on any atom is 0.170 e. The number of nitrogens with one attached hydrogen (secondary N) is 3. The van der Waals surface area contributed by atoms with Gasteiger partial charge >= 0.3 is 0 Å². The Morgan fingerprint density at radius 3 is 2.35 bits per heavy atom. The molecule has 3 N–H and O–H groups in total. The average Bonchev–Trinajstić information content (AvgIpc) is 2.54. The first-order valence-electron chi connectivity index (χ1n) is 7.69. The Kier molecular flexibility index (Phi) is 6.50. The highest BCUT2D eigenvalue weighted by Gasteiger charge is 2.16. The largest absolute Gasteiger partial charge is 0.356 e. The van der Waals surface area contributed by atoms with E-state index in [2.05, 4.69) is 49.0 Å². The van der Waals surface area contributed by atoms with Gasteiger partial charge in [0.05, 0.1) is 20.6 Å². The molecule has 0 aliphatic carbocycles. The summed E-state index contributed by atoms with van der Waals surface area (Å²) in [6, 6.07) is 17.0. The van der Waals surface area contributed by atoms with E-state index >= 15 is 0 Å². The molecule has 2 aromatic carbocycles. The Balaban J connectivity index is 1.85. The normalized spacial score (nSPS) is 12.0. The molecule has 5 heteroatoms. The SMILES string of the molecule is C[NH+](C)[C@@H](CNC(=S)Nc1ccc(F)cc1)Cc1ccccc1. The van der Waals surface area contributed by atoms with Gasteiger partial charge in [-0.25, -0.2) is 4.39 Å². The van der Waals surface area contributed by atoms with Crippen molar-refractivity contribution in [1.82, 2.24) is 5.32 Å². The van der Waals surface area contributed by atoms with E-state index in [0.717, 1.165) is 18.7 Å². The first kappa shape index (κ1) is 17.4. The molecule has 2 rings (SSSR count).